The van der Waals surface area contributed by atoms with Crippen molar-refractivity contribution in [2.45, 2.75) is 38.4 Å². The fourth-order valence-electron chi connectivity index (χ4n) is 1.68. The fraction of sp³-hybridized carbons (Fsp3) is 0.727. The van der Waals surface area contributed by atoms with Crippen molar-refractivity contribution in [3.05, 3.63) is 12.7 Å². The summed E-state index contributed by atoms with van der Waals surface area (Å²) in [4.78, 5) is 11.3. The van der Waals surface area contributed by atoms with E-state index in [0.717, 1.165) is 25.0 Å². The summed E-state index contributed by atoms with van der Waals surface area (Å²) in [5.41, 5.74) is 0.321. The zero-order chi connectivity index (χ0) is 9.90. The summed E-state index contributed by atoms with van der Waals surface area (Å²) in [7, 11) is 0. The second-order valence-corrected chi connectivity index (χ2v) is 5.58. The van der Waals surface area contributed by atoms with Crippen LogP contribution in [0, 0.1) is 5.41 Å². The first-order chi connectivity index (χ1) is 6.06. The van der Waals surface area contributed by atoms with E-state index in [9.17, 15) is 4.79 Å². The first-order valence-electron chi connectivity index (χ1n) is 4.80. The second-order valence-electron chi connectivity index (χ2n) is 4.34. The Morgan fingerprint density at radius 1 is 1.69 bits per heavy atom. The van der Waals surface area contributed by atoms with Gasteiger partial charge in [-0.3, -0.25) is 4.79 Å². The molecule has 1 rings (SSSR count). The quantitative estimate of drug-likeness (QED) is 0.648. The van der Waals surface area contributed by atoms with E-state index in [4.69, 9.17) is 0 Å². The number of rotatable bonds is 3. The third-order valence-electron chi connectivity index (χ3n) is 2.75. The van der Waals surface area contributed by atoms with Gasteiger partial charge in [0.15, 0.2) is 0 Å². The van der Waals surface area contributed by atoms with Gasteiger partial charge in [-0.05, 0) is 11.8 Å². The van der Waals surface area contributed by atoms with Crippen molar-refractivity contribution < 1.29 is 4.79 Å². The Morgan fingerprint density at radius 3 is 3.00 bits per heavy atom. The molecular formula is C11H18OS. The van der Waals surface area contributed by atoms with E-state index in [-0.39, 0.29) is 0 Å². The highest BCUT2D eigenvalue weighted by molar-refractivity contribution is 8.00. The summed E-state index contributed by atoms with van der Waals surface area (Å²) in [6, 6.07) is 0. The van der Waals surface area contributed by atoms with Gasteiger partial charge in [-0.1, -0.05) is 19.9 Å². The van der Waals surface area contributed by atoms with Crippen LogP contribution in [0.2, 0.25) is 0 Å². The Morgan fingerprint density at radius 2 is 2.38 bits per heavy atom. The van der Waals surface area contributed by atoms with Crippen LogP contribution in [0.4, 0.5) is 0 Å². The van der Waals surface area contributed by atoms with Crippen LogP contribution >= 0.6 is 11.8 Å². The van der Waals surface area contributed by atoms with Gasteiger partial charge in [0.1, 0.15) is 5.78 Å². The molecule has 0 aromatic carbocycles. The molecule has 0 aromatic heterocycles. The van der Waals surface area contributed by atoms with Crippen molar-refractivity contribution in [2.75, 3.05) is 5.75 Å². The molecule has 2 heteroatoms. The Hall–Kier alpha value is -0.240. The lowest BCUT2D eigenvalue weighted by molar-refractivity contribution is -0.121. The molecule has 1 unspecified atom stereocenters. The summed E-state index contributed by atoms with van der Waals surface area (Å²) in [5, 5.41) is 0.492. The smallest absolute Gasteiger partial charge is 0.134 e. The normalized spacial score (nSPS) is 27.2. The van der Waals surface area contributed by atoms with E-state index in [1.807, 2.05) is 17.8 Å². The van der Waals surface area contributed by atoms with Crippen LogP contribution in [-0.2, 0) is 4.79 Å². The van der Waals surface area contributed by atoms with Gasteiger partial charge in [0, 0.05) is 23.8 Å². The molecular weight excluding hydrogens is 180 g/mol. The maximum absolute atomic E-state index is 11.3. The van der Waals surface area contributed by atoms with E-state index >= 15 is 0 Å². The third-order valence-corrected chi connectivity index (χ3v) is 4.38. The summed E-state index contributed by atoms with van der Waals surface area (Å²) >= 11 is 1.87. The van der Waals surface area contributed by atoms with Crippen LogP contribution in [0.3, 0.4) is 0 Å². The van der Waals surface area contributed by atoms with Gasteiger partial charge < -0.3 is 0 Å². The van der Waals surface area contributed by atoms with Gasteiger partial charge in [-0.2, -0.15) is 11.8 Å². The molecule has 0 radical (unpaired) electrons. The molecule has 74 valence electrons. The second kappa shape index (κ2) is 4.32. The molecule has 13 heavy (non-hydrogen) atoms. The predicted octanol–water partition coefficient (Wildman–Crippen LogP) is 3.05. The summed E-state index contributed by atoms with van der Waals surface area (Å²) in [6.07, 6.45) is 4.49. The minimum Gasteiger partial charge on any atom is -0.300 e. The number of hydrogen-bond donors (Lipinski definition) is 0. The maximum atomic E-state index is 11.3. The molecule has 1 fully saturated rings. The molecule has 1 nitrogen and oxygen atoms in total. The van der Waals surface area contributed by atoms with Gasteiger partial charge >= 0.3 is 0 Å². The Bertz CT molecular complexity index is 208. The lowest BCUT2D eigenvalue weighted by Gasteiger charge is -2.37. The third kappa shape index (κ3) is 2.87. The highest BCUT2D eigenvalue weighted by Gasteiger charge is 2.35. The minimum absolute atomic E-state index is 0.321. The van der Waals surface area contributed by atoms with Crippen molar-refractivity contribution in [1.82, 2.24) is 0 Å². The molecule has 1 aliphatic carbocycles. The molecule has 0 spiro atoms. The number of carbonyl (C=O) groups excluding carboxylic acids is 1. The first kappa shape index (κ1) is 10.8. The number of ketones is 1. The first-order valence-corrected chi connectivity index (χ1v) is 5.85. The molecule has 0 aliphatic heterocycles. The highest BCUT2D eigenvalue weighted by Crippen LogP contribution is 2.41. The van der Waals surface area contributed by atoms with Crippen LogP contribution in [0.15, 0.2) is 12.7 Å². The fourth-order valence-corrected chi connectivity index (χ4v) is 2.92. The van der Waals surface area contributed by atoms with Crippen LogP contribution in [0.25, 0.3) is 0 Å². The zero-order valence-corrected chi connectivity index (χ0v) is 9.32. The van der Waals surface area contributed by atoms with Crippen molar-refractivity contribution in [1.29, 1.82) is 0 Å². The van der Waals surface area contributed by atoms with Crippen LogP contribution in [-0.4, -0.2) is 16.8 Å². The zero-order valence-electron chi connectivity index (χ0n) is 8.51. The van der Waals surface area contributed by atoms with Crippen LogP contribution in [0.1, 0.15) is 33.1 Å². The van der Waals surface area contributed by atoms with Crippen LogP contribution < -0.4 is 0 Å². The largest absolute Gasteiger partial charge is 0.300 e. The molecule has 0 bridgehead atoms. The Labute approximate surface area is 85.0 Å². The lowest BCUT2D eigenvalue weighted by Crippen LogP contribution is -2.34. The predicted molar refractivity (Wildman–Crippen MR) is 59.1 cm³/mol. The number of Topliss-reactive ketones (excluding diaryl/α,β-unsaturated/α-hetero) is 1. The summed E-state index contributed by atoms with van der Waals surface area (Å²) < 4.78 is 0. The van der Waals surface area contributed by atoms with E-state index < -0.39 is 0 Å². The van der Waals surface area contributed by atoms with E-state index in [1.165, 1.54) is 0 Å². The maximum Gasteiger partial charge on any atom is 0.134 e. The van der Waals surface area contributed by atoms with E-state index in [0.29, 0.717) is 16.4 Å². The molecule has 1 aliphatic rings. The molecule has 0 amide bonds. The van der Waals surface area contributed by atoms with Crippen molar-refractivity contribution in [2.24, 2.45) is 5.41 Å². The molecule has 1 atom stereocenters. The minimum atomic E-state index is 0.321. The Kier molecular flexibility index (Phi) is 3.60. The monoisotopic (exact) mass is 198 g/mol. The number of thioether (sulfide) groups is 1. The van der Waals surface area contributed by atoms with Crippen molar-refractivity contribution in [3.63, 3.8) is 0 Å². The van der Waals surface area contributed by atoms with E-state index in [2.05, 4.69) is 20.4 Å². The highest BCUT2D eigenvalue weighted by atomic mass is 32.2. The number of hydrogen-bond acceptors (Lipinski definition) is 2. The average molecular weight is 198 g/mol. The summed E-state index contributed by atoms with van der Waals surface area (Å²) in [5.74, 6) is 1.39. The SMILES string of the molecule is C=CCSC1CC(=O)CCC1(C)C. The molecule has 1 saturated carbocycles. The number of carbonyl (C=O) groups is 1. The van der Waals surface area contributed by atoms with Crippen molar-refractivity contribution in [3.8, 4) is 0 Å². The van der Waals surface area contributed by atoms with Gasteiger partial charge in [0.2, 0.25) is 0 Å². The average Bonchev–Trinajstić information content (AvgIpc) is 2.07. The molecule has 0 heterocycles. The molecule has 0 aromatic rings. The molecule has 0 saturated heterocycles. The van der Waals surface area contributed by atoms with Gasteiger partial charge in [0.25, 0.3) is 0 Å². The Balaban J connectivity index is 2.55. The molecule has 0 N–H and O–H groups in total. The topological polar surface area (TPSA) is 17.1 Å². The van der Waals surface area contributed by atoms with Gasteiger partial charge in [0.05, 0.1) is 0 Å². The summed E-state index contributed by atoms with van der Waals surface area (Å²) in [6.45, 7) is 8.23. The van der Waals surface area contributed by atoms with Gasteiger partial charge in [-0.25, -0.2) is 0 Å². The van der Waals surface area contributed by atoms with E-state index in [1.54, 1.807) is 0 Å². The van der Waals surface area contributed by atoms with Crippen molar-refractivity contribution >= 4 is 17.5 Å². The van der Waals surface area contributed by atoms with Gasteiger partial charge in [-0.15, -0.1) is 6.58 Å². The standard InChI is InChI=1S/C11H18OS/c1-4-7-13-10-8-9(12)5-6-11(10,2)3/h4,10H,1,5-8H2,2-3H3. The lowest BCUT2D eigenvalue weighted by atomic mass is 9.76. The van der Waals surface area contributed by atoms with Crippen LogP contribution in [0.5, 0.6) is 0 Å².